The molecule has 0 spiro atoms. The fourth-order valence-corrected chi connectivity index (χ4v) is 1.39. The molecule has 0 heterocycles. The van der Waals surface area contributed by atoms with Gasteiger partial charge < -0.3 is 4.48 Å². The molecule has 0 aliphatic heterocycles. The van der Waals surface area contributed by atoms with E-state index in [0.29, 0.717) is 13.0 Å². The summed E-state index contributed by atoms with van der Waals surface area (Å²) < 4.78 is 37.6. The fourth-order valence-electron chi connectivity index (χ4n) is 1.23. The van der Waals surface area contributed by atoms with Gasteiger partial charge in [0.15, 0.2) is 6.54 Å². The van der Waals surface area contributed by atoms with Crippen molar-refractivity contribution in [3.05, 3.63) is 0 Å². The monoisotopic (exact) mass is 281 g/mol. The van der Waals surface area contributed by atoms with Gasteiger partial charge in [0, 0.05) is 6.42 Å². The lowest BCUT2D eigenvalue weighted by atomic mass is 10.0. The Morgan fingerprint density at radius 1 is 1.12 bits per heavy atom. The average Bonchev–Trinajstić information content (AvgIpc) is 1.96. The van der Waals surface area contributed by atoms with Crippen molar-refractivity contribution in [2.24, 2.45) is 0 Å². The van der Waals surface area contributed by atoms with E-state index in [1.165, 1.54) is 14.1 Å². The molecule has 0 aliphatic rings. The summed E-state index contributed by atoms with van der Waals surface area (Å²) in [6, 6.07) is 0. The van der Waals surface area contributed by atoms with Crippen LogP contribution >= 0.6 is 23.6 Å². The van der Waals surface area contributed by atoms with Crippen LogP contribution in [0.4, 0.5) is 13.2 Å². The fraction of sp³-hybridized carbons (Fsp3) is 1.00. The second-order valence-corrected chi connectivity index (χ2v) is 6.08. The maximum Gasteiger partial charge on any atom is 0.438 e. The number of nitrogens with zero attached hydrogens (tertiary/aromatic N) is 2. The van der Waals surface area contributed by atoms with E-state index in [2.05, 4.69) is 0 Å². The van der Waals surface area contributed by atoms with Crippen LogP contribution in [0.2, 0.25) is 0 Å². The Hall–Kier alpha value is 0.290. The molecule has 0 aliphatic carbocycles. The van der Waals surface area contributed by atoms with Crippen molar-refractivity contribution in [3.8, 4) is 0 Å². The third-order valence-electron chi connectivity index (χ3n) is 2.39. The maximum absolute atomic E-state index is 12.3. The van der Waals surface area contributed by atoms with Gasteiger partial charge in [0.2, 0.25) is 0 Å². The summed E-state index contributed by atoms with van der Waals surface area (Å²) in [5.41, 5.74) is -0.537. The number of hydrogen-bond acceptors (Lipinski definition) is 1. The first-order chi connectivity index (χ1) is 6.86. The van der Waals surface area contributed by atoms with Gasteiger partial charge >= 0.3 is 6.18 Å². The van der Waals surface area contributed by atoms with E-state index in [9.17, 15) is 13.2 Å². The SMILES string of the molecule is CC(C)(CC[N+](C)(C)CC(F)(F)F)N(Cl)Cl. The van der Waals surface area contributed by atoms with Gasteiger partial charge in [-0.3, -0.25) is 0 Å². The van der Waals surface area contributed by atoms with Gasteiger partial charge in [0.05, 0.1) is 26.2 Å². The van der Waals surface area contributed by atoms with Crippen molar-refractivity contribution in [1.29, 1.82) is 0 Å². The molecular weight excluding hydrogens is 264 g/mol. The van der Waals surface area contributed by atoms with E-state index < -0.39 is 18.3 Å². The van der Waals surface area contributed by atoms with Crippen LogP contribution in [0.3, 0.4) is 0 Å². The van der Waals surface area contributed by atoms with Crippen molar-refractivity contribution in [2.45, 2.75) is 32.0 Å². The number of alkyl halides is 3. The minimum Gasteiger partial charge on any atom is -0.321 e. The Morgan fingerprint density at radius 3 is 1.88 bits per heavy atom. The predicted octanol–water partition coefficient (Wildman–Crippen LogP) is 3.40. The van der Waals surface area contributed by atoms with Gasteiger partial charge in [-0.1, -0.05) is 0 Å². The molecule has 0 aromatic rings. The summed E-state index contributed by atoms with van der Waals surface area (Å²) in [5, 5.41) is 0. The smallest absolute Gasteiger partial charge is 0.321 e. The molecule has 0 atom stereocenters. The summed E-state index contributed by atoms with van der Waals surface area (Å²) in [4.78, 5) is 0. The molecule has 0 aromatic heterocycles. The molecule has 16 heavy (non-hydrogen) atoms. The lowest BCUT2D eigenvalue weighted by Crippen LogP contribution is -2.49. The van der Waals surface area contributed by atoms with Crippen molar-refractivity contribution >= 4 is 23.6 Å². The highest BCUT2D eigenvalue weighted by molar-refractivity contribution is 6.34. The molecular formula is C9H18Cl2F3N2+. The third-order valence-corrected chi connectivity index (χ3v) is 3.31. The third kappa shape index (κ3) is 6.78. The summed E-state index contributed by atoms with van der Waals surface area (Å²) in [6.45, 7) is 3.05. The summed E-state index contributed by atoms with van der Waals surface area (Å²) in [7, 11) is 3.08. The van der Waals surface area contributed by atoms with Crippen LogP contribution < -0.4 is 0 Å². The lowest BCUT2D eigenvalue weighted by Gasteiger charge is -2.35. The quantitative estimate of drug-likeness (QED) is 0.552. The molecule has 0 aromatic carbocycles. The normalized spacial score (nSPS) is 14.6. The molecule has 0 unspecified atom stereocenters. The van der Waals surface area contributed by atoms with E-state index in [1.807, 2.05) is 0 Å². The molecule has 2 nitrogen and oxygen atoms in total. The predicted molar refractivity (Wildman–Crippen MR) is 60.1 cm³/mol. The van der Waals surface area contributed by atoms with Crippen LogP contribution in [0.1, 0.15) is 20.3 Å². The second kappa shape index (κ2) is 5.29. The molecule has 0 N–H and O–H groups in total. The standard InChI is InChI=1S/C9H18Cl2F3N2/c1-8(2,15(10)11)5-6-16(3,4)7-9(12,13)14/h5-7H2,1-4H3/q+1. The van der Waals surface area contributed by atoms with Crippen molar-refractivity contribution in [3.63, 3.8) is 0 Å². The maximum atomic E-state index is 12.3. The van der Waals surface area contributed by atoms with Gasteiger partial charge in [-0.15, -0.1) is 3.94 Å². The van der Waals surface area contributed by atoms with Crippen LogP contribution in [0.5, 0.6) is 0 Å². The molecule has 98 valence electrons. The first-order valence-electron chi connectivity index (χ1n) is 4.86. The van der Waals surface area contributed by atoms with E-state index >= 15 is 0 Å². The van der Waals surface area contributed by atoms with Crippen LogP contribution in [0.25, 0.3) is 0 Å². The average molecular weight is 282 g/mol. The van der Waals surface area contributed by atoms with Gasteiger partial charge in [-0.25, -0.2) is 0 Å². The highest BCUT2D eigenvalue weighted by atomic mass is 35.5. The number of rotatable bonds is 5. The summed E-state index contributed by atoms with van der Waals surface area (Å²) >= 11 is 11.2. The van der Waals surface area contributed by atoms with Gasteiger partial charge in [-0.2, -0.15) is 13.2 Å². The van der Waals surface area contributed by atoms with Gasteiger partial charge in [-0.05, 0) is 37.4 Å². The second-order valence-electron chi connectivity index (χ2n) is 5.23. The van der Waals surface area contributed by atoms with Crippen LogP contribution in [-0.4, -0.2) is 47.3 Å². The Bertz CT molecular complexity index is 227. The number of hydrogen-bond donors (Lipinski definition) is 0. The molecule has 7 heteroatoms. The zero-order valence-corrected chi connectivity index (χ0v) is 11.4. The molecule has 0 fully saturated rings. The van der Waals surface area contributed by atoms with Gasteiger partial charge in [0.1, 0.15) is 0 Å². The summed E-state index contributed by atoms with van der Waals surface area (Å²) in [6.07, 6.45) is -3.68. The minimum atomic E-state index is -4.16. The highest BCUT2D eigenvalue weighted by Crippen LogP contribution is 2.26. The van der Waals surface area contributed by atoms with Crippen LogP contribution in [-0.2, 0) is 0 Å². The summed E-state index contributed by atoms with van der Waals surface area (Å²) in [5.74, 6) is 0. The van der Waals surface area contributed by atoms with E-state index in [4.69, 9.17) is 23.6 Å². The highest BCUT2D eigenvalue weighted by Gasteiger charge is 2.38. The van der Waals surface area contributed by atoms with Crippen LogP contribution in [0.15, 0.2) is 0 Å². The number of halogens is 5. The molecule has 0 bridgehead atoms. The first kappa shape index (κ1) is 16.3. The molecule has 0 saturated carbocycles. The van der Waals surface area contributed by atoms with Crippen LogP contribution in [0, 0.1) is 0 Å². The first-order valence-corrected chi connectivity index (χ1v) is 5.54. The largest absolute Gasteiger partial charge is 0.438 e. The lowest BCUT2D eigenvalue weighted by molar-refractivity contribution is -0.901. The topological polar surface area (TPSA) is 3.24 Å². The van der Waals surface area contributed by atoms with Gasteiger partial charge in [0.25, 0.3) is 0 Å². The molecule has 0 amide bonds. The van der Waals surface area contributed by atoms with Crippen molar-refractivity contribution in [2.75, 3.05) is 27.2 Å². The molecule has 0 saturated heterocycles. The molecule has 0 radical (unpaired) electrons. The zero-order valence-electron chi connectivity index (χ0n) is 9.91. The Balaban J connectivity index is 4.29. The van der Waals surface area contributed by atoms with E-state index in [1.54, 1.807) is 13.8 Å². The van der Waals surface area contributed by atoms with Crippen molar-refractivity contribution in [1.82, 2.24) is 3.94 Å². The Morgan fingerprint density at radius 2 is 1.56 bits per heavy atom. The van der Waals surface area contributed by atoms with E-state index in [-0.39, 0.29) is 4.48 Å². The minimum absolute atomic E-state index is 0.130. The Labute approximate surface area is 105 Å². The van der Waals surface area contributed by atoms with Crippen molar-refractivity contribution < 1.29 is 17.7 Å². The molecule has 0 rings (SSSR count). The van der Waals surface area contributed by atoms with E-state index in [0.717, 1.165) is 3.94 Å². The zero-order chi connectivity index (χ0) is 13.2. The number of quaternary nitrogens is 1. The Kier molecular flexibility index (Phi) is 5.39.